The van der Waals surface area contributed by atoms with Crippen molar-refractivity contribution in [3.63, 3.8) is 0 Å². The molecular weight excluding hydrogens is 316 g/mol. The van der Waals surface area contributed by atoms with E-state index in [-0.39, 0.29) is 11.8 Å². The number of hydrogen-bond donors (Lipinski definition) is 3. The van der Waals surface area contributed by atoms with Crippen molar-refractivity contribution in [2.75, 3.05) is 13.1 Å². The fourth-order valence-corrected chi connectivity index (χ4v) is 2.57. The van der Waals surface area contributed by atoms with Crippen LogP contribution in [0.4, 0.5) is 0 Å². The van der Waals surface area contributed by atoms with Crippen molar-refractivity contribution in [2.24, 2.45) is 0 Å². The molecule has 0 saturated heterocycles. The van der Waals surface area contributed by atoms with Crippen LogP contribution in [0.2, 0.25) is 0 Å². The number of amides is 2. The predicted molar refractivity (Wildman–Crippen MR) is 96.6 cm³/mol. The van der Waals surface area contributed by atoms with Crippen LogP contribution in [0.3, 0.4) is 0 Å². The van der Waals surface area contributed by atoms with Crippen LogP contribution < -0.4 is 10.6 Å². The van der Waals surface area contributed by atoms with Gasteiger partial charge in [-0.3, -0.25) is 14.7 Å². The second kappa shape index (κ2) is 7.61. The SMILES string of the molecule is CCc1ccc(C(=O)NCCNC(=O)c2n[nH]c3ccccc23)cc1. The molecule has 3 aromatic rings. The van der Waals surface area contributed by atoms with Crippen molar-refractivity contribution < 1.29 is 9.59 Å². The molecule has 0 fully saturated rings. The highest BCUT2D eigenvalue weighted by Crippen LogP contribution is 2.14. The summed E-state index contributed by atoms with van der Waals surface area (Å²) in [5, 5.41) is 13.2. The molecule has 0 radical (unpaired) electrons. The third-order valence-electron chi connectivity index (χ3n) is 4.01. The van der Waals surface area contributed by atoms with Gasteiger partial charge in [-0.25, -0.2) is 0 Å². The molecule has 1 heterocycles. The molecule has 0 aliphatic carbocycles. The molecule has 2 amide bonds. The van der Waals surface area contributed by atoms with Crippen LogP contribution in [0.1, 0.15) is 33.3 Å². The van der Waals surface area contributed by atoms with Gasteiger partial charge < -0.3 is 10.6 Å². The number of benzene rings is 2. The van der Waals surface area contributed by atoms with Crippen molar-refractivity contribution in [1.82, 2.24) is 20.8 Å². The average molecular weight is 336 g/mol. The first-order valence-corrected chi connectivity index (χ1v) is 8.27. The minimum Gasteiger partial charge on any atom is -0.350 e. The van der Waals surface area contributed by atoms with Crippen LogP contribution in [0.5, 0.6) is 0 Å². The summed E-state index contributed by atoms with van der Waals surface area (Å²) in [6.07, 6.45) is 0.940. The Hall–Kier alpha value is -3.15. The van der Waals surface area contributed by atoms with Gasteiger partial charge in [0.05, 0.1) is 5.52 Å². The molecule has 0 atom stereocenters. The maximum absolute atomic E-state index is 12.2. The molecule has 0 aliphatic heterocycles. The first kappa shape index (κ1) is 16.7. The van der Waals surface area contributed by atoms with Gasteiger partial charge in [-0.15, -0.1) is 0 Å². The predicted octanol–water partition coefficient (Wildman–Crippen LogP) is 2.29. The Balaban J connectivity index is 1.49. The number of nitrogens with zero attached hydrogens (tertiary/aromatic N) is 1. The Morgan fingerprint density at radius 2 is 1.64 bits per heavy atom. The third-order valence-corrected chi connectivity index (χ3v) is 4.01. The molecule has 128 valence electrons. The Bertz CT molecular complexity index is 884. The monoisotopic (exact) mass is 336 g/mol. The number of carbonyl (C=O) groups excluding carboxylic acids is 2. The largest absolute Gasteiger partial charge is 0.350 e. The Kier molecular flexibility index (Phi) is 5.09. The normalized spacial score (nSPS) is 10.6. The minimum atomic E-state index is -0.265. The zero-order valence-electron chi connectivity index (χ0n) is 14.0. The number of H-pyrrole nitrogens is 1. The van der Waals surface area contributed by atoms with Crippen LogP contribution in [0, 0.1) is 0 Å². The van der Waals surface area contributed by atoms with Gasteiger partial charge in [0.1, 0.15) is 0 Å². The fraction of sp³-hybridized carbons (Fsp3) is 0.211. The van der Waals surface area contributed by atoms with Crippen molar-refractivity contribution in [2.45, 2.75) is 13.3 Å². The van der Waals surface area contributed by atoms with Crippen LogP contribution >= 0.6 is 0 Å². The lowest BCUT2D eigenvalue weighted by atomic mass is 10.1. The van der Waals surface area contributed by atoms with E-state index in [2.05, 4.69) is 27.8 Å². The molecule has 0 aliphatic rings. The zero-order chi connectivity index (χ0) is 17.6. The number of carbonyl (C=O) groups is 2. The lowest BCUT2D eigenvalue weighted by Crippen LogP contribution is -2.34. The van der Waals surface area contributed by atoms with Crippen molar-refractivity contribution in [1.29, 1.82) is 0 Å². The highest BCUT2D eigenvalue weighted by atomic mass is 16.2. The number of fused-ring (bicyclic) bond motifs is 1. The summed E-state index contributed by atoms with van der Waals surface area (Å²) >= 11 is 0. The van der Waals surface area contributed by atoms with E-state index >= 15 is 0 Å². The standard InChI is InChI=1S/C19H20N4O2/c1-2-13-7-9-14(10-8-13)18(24)20-11-12-21-19(25)17-15-5-3-4-6-16(15)22-23-17/h3-10H,2,11-12H2,1H3,(H,20,24)(H,21,25)(H,22,23). The van der Waals surface area contributed by atoms with Gasteiger partial charge in [0, 0.05) is 24.0 Å². The molecule has 3 rings (SSSR count). The Morgan fingerprint density at radius 1 is 0.960 bits per heavy atom. The van der Waals surface area contributed by atoms with Gasteiger partial charge in [-0.05, 0) is 30.2 Å². The molecule has 0 bridgehead atoms. The minimum absolute atomic E-state index is 0.151. The molecule has 0 spiro atoms. The maximum atomic E-state index is 12.2. The maximum Gasteiger partial charge on any atom is 0.272 e. The van der Waals surface area contributed by atoms with Crippen LogP contribution in [0.15, 0.2) is 48.5 Å². The second-order valence-electron chi connectivity index (χ2n) is 5.68. The summed E-state index contributed by atoms with van der Waals surface area (Å²) < 4.78 is 0. The summed E-state index contributed by atoms with van der Waals surface area (Å²) in [4.78, 5) is 24.2. The number of nitrogens with one attached hydrogen (secondary N) is 3. The first-order chi connectivity index (χ1) is 12.2. The average Bonchev–Trinajstić information content (AvgIpc) is 3.09. The van der Waals surface area contributed by atoms with Crippen molar-refractivity contribution >= 4 is 22.7 Å². The van der Waals surface area contributed by atoms with Gasteiger partial charge in [-0.2, -0.15) is 5.10 Å². The lowest BCUT2D eigenvalue weighted by molar-refractivity contribution is 0.0926. The van der Waals surface area contributed by atoms with Gasteiger partial charge in [0.15, 0.2) is 5.69 Å². The van der Waals surface area contributed by atoms with Gasteiger partial charge >= 0.3 is 0 Å². The molecule has 6 nitrogen and oxygen atoms in total. The number of rotatable bonds is 6. The van der Waals surface area contributed by atoms with E-state index in [1.165, 1.54) is 5.56 Å². The quantitative estimate of drug-likeness (QED) is 0.604. The van der Waals surface area contributed by atoms with Crippen LogP contribution in [0.25, 0.3) is 10.9 Å². The topological polar surface area (TPSA) is 86.9 Å². The van der Waals surface area contributed by atoms with Gasteiger partial charge in [0.2, 0.25) is 0 Å². The Morgan fingerprint density at radius 3 is 2.36 bits per heavy atom. The molecule has 3 N–H and O–H groups in total. The molecule has 1 aromatic heterocycles. The second-order valence-corrected chi connectivity index (χ2v) is 5.68. The third kappa shape index (κ3) is 3.85. The number of hydrogen-bond acceptors (Lipinski definition) is 3. The van der Waals surface area contributed by atoms with Gasteiger partial charge in [-0.1, -0.05) is 37.3 Å². The molecule has 6 heteroatoms. The molecule has 25 heavy (non-hydrogen) atoms. The van der Waals surface area contributed by atoms with Crippen LogP contribution in [-0.4, -0.2) is 35.1 Å². The fourth-order valence-electron chi connectivity index (χ4n) is 2.57. The van der Waals surface area contributed by atoms with E-state index in [0.29, 0.717) is 24.3 Å². The van der Waals surface area contributed by atoms with E-state index in [0.717, 1.165) is 17.3 Å². The summed E-state index contributed by atoms with van der Waals surface area (Å²) in [6, 6.07) is 15.0. The lowest BCUT2D eigenvalue weighted by Gasteiger charge is -2.07. The first-order valence-electron chi connectivity index (χ1n) is 8.27. The summed E-state index contributed by atoms with van der Waals surface area (Å²) in [5.74, 6) is -0.416. The molecule has 0 unspecified atom stereocenters. The Labute approximate surface area is 145 Å². The number of aryl methyl sites for hydroxylation is 1. The van der Waals surface area contributed by atoms with Crippen molar-refractivity contribution in [3.05, 3.63) is 65.4 Å². The summed E-state index contributed by atoms with van der Waals surface area (Å²) in [5.41, 5.74) is 2.98. The highest BCUT2D eigenvalue weighted by molar-refractivity contribution is 6.04. The van der Waals surface area contributed by atoms with E-state index in [9.17, 15) is 9.59 Å². The number of aromatic amines is 1. The summed E-state index contributed by atoms with van der Waals surface area (Å²) in [7, 11) is 0. The molecular formula is C19H20N4O2. The molecule has 0 saturated carbocycles. The summed E-state index contributed by atoms with van der Waals surface area (Å²) in [6.45, 7) is 2.75. The number of para-hydroxylation sites is 1. The van der Waals surface area contributed by atoms with E-state index in [1.807, 2.05) is 48.5 Å². The van der Waals surface area contributed by atoms with Gasteiger partial charge in [0.25, 0.3) is 11.8 Å². The van der Waals surface area contributed by atoms with E-state index in [1.54, 1.807) is 0 Å². The smallest absolute Gasteiger partial charge is 0.272 e. The van der Waals surface area contributed by atoms with E-state index < -0.39 is 0 Å². The van der Waals surface area contributed by atoms with Crippen LogP contribution in [-0.2, 0) is 6.42 Å². The molecule has 2 aromatic carbocycles. The van der Waals surface area contributed by atoms with Crippen molar-refractivity contribution in [3.8, 4) is 0 Å². The zero-order valence-corrected chi connectivity index (χ0v) is 14.0. The highest BCUT2D eigenvalue weighted by Gasteiger charge is 2.13. The van der Waals surface area contributed by atoms with E-state index in [4.69, 9.17) is 0 Å². The number of aromatic nitrogens is 2.